The van der Waals surface area contributed by atoms with Gasteiger partial charge in [0.2, 0.25) is 11.8 Å². The molecule has 0 radical (unpaired) electrons. The molecule has 1 aliphatic heterocycles. The number of fused-ring (bicyclic) bond motifs is 1. The van der Waals surface area contributed by atoms with Gasteiger partial charge in [0.05, 0.1) is 19.0 Å². The number of hydrogen-bond donors (Lipinski definition) is 2. The highest BCUT2D eigenvalue weighted by Gasteiger charge is 2.22. The third kappa shape index (κ3) is 6.46. The smallest absolute Gasteiger partial charge is 0.348 e. The van der Waals surface area contributed by atoms with E-state index in [1.807, 2.05) is 4.57 Å². The molecule has 2 heterocycles. The van der Waals surface area contributed by atoms with Gasteiger partial charge >= 0.3 is 5.69 Å². The Balaban J connectivity index is 1.39. The zero-order chi connectivity index (χ0) is 23.9. The summed E-state index contributed by atoms with van der Waals surface area (Å²) >= 11 is 1.32. The number of benzene rings is 1. The van der Waals surface area contributed by atoms with Crippen LogP contribution in [0.5, 0.6) is 0 Å². The molecule has 1 saturated heterocycles. The maximum atomic E-state index is 12.9. The number of anilines is 2. The zero-order valence-corrected chi connectivity index (χ0v) is 20.3. The highest BCUT2D eigenvalue weighted by molar-refractivity contribution is 8.00. The maximum Gasteiger partial charge on any atom is 0.348 e. The van der Waals surface area contributed by atoms with E-state index in [0.29, 0.717) is 22.9 Å². The van der Waals surface area contributed by atoms with Crippen molar-refractivity contribution >= 4 is 35.0 Å². The fourth-order valence-electron chi connectivity index (χ4n) is 4.34. The maximum absolute atomic E-state index is 12.9. The molecule has 0 spiro atoms. The monoisotopic (exact) mass is 485 g/mol. The number of morpholine rings is 1. The number of nitrogens with zero attached hydrogens (tertiary/aromatic N) is 3. The number of carbonyl (C=O) groups excluding carboxylic acids is 2. The molecule has 182 valence electrons. The Kier molecular flexibility index (Phi) is 8.36. The Morgan fingerprint density at radius 1 is 1.03 bits per heavy atom. The van der Waals surface area contributed by atoms with E-state index in [9.17, 15) is 14.4 Å². The van der Waals surface area contributed by atoms with Crippen molar-refractivity contribution in [1.82, 2.24) is 14.5 Å². The van der Waals surface area contributed by atoms with Gasteiger partial charge in [0.1, 0.15) is 5.03 Å². The van der Waals surface area contributed by atoms with Crippen LogP contribution in [0.1, 0.15) is 31.0 Å². The van der Waals surface area contributed by atoms with Gasteiger partial charge in [-0.1, -0.05) is 11.8 Å². The lowest BCUT2D eigenvalue weighted by atomic mass is 9.97. The molecule has 34 heavy (non-hydrogen) atoms. The molecule has 2 N–H and O–H groups in total. The minimum absolute atomic E-state index is 0.146. The Bertz CT molecular complexity index is 1080. The summed E-state index contributed by atoms with van der Waals surface area (Å²) in [7, 11) is 0. The number of aromatic nitrogens is 2. The molecule has 4 rings (SSSR count). The van der Waals surface area contributed by atoms with Crippen LogP contribution in [0.25, 0.3) is 0 Å². The molecule has 0 saturated carbocycles. The van der Waals surface area contributed by atoms with Crippen molar-refractivity contribution in [3.63, 3.8) is 0 Å². The predicted octanol–water partition coefficient (Wildman–Crippen LogP) is 2.14. The van der Waals surface area contributed by atoms with Gasteiger partial charge < -0.3 is 15.4 Å². The SMILES string of the molecule is CC(=O)Nc1ccc(NC(=O)CSc2nc(=O)n(CCN3CCOCC3)c3c2CCCC3)cc1. The normalized spacial score (nSPS) is 16.0. The predicted molar refractivity (Wildman–Crippen MR) is 132 cm³/mol. The van der Waals surface area contributed by atoms with Crippen LogP contribution in [0.4, 0.5) is 11.4 Å². The third-order valence-electron chi connectivity index (χ3n) is 6.02. The molecular formula is C24H31N5O4S. The molecule has 1 aromatic heterocycles. The first-order valence-electron chi connectivity index (χ1n) is 11.7. The molecule has 0 atom stereocenters. The molecule has 1 aliphatic carbocycles. The second-order valence-electron chi connectivity index (χ2n) is 8.53. The van der Waals surface area contributed by atoms with Crippen molar-refractivity contribution in [2.24, 2.45) is 0 Å². The summed E-state index contributed by atoms with van der Waals surface area (Å²) in [5, 5.41) is 6.23. The van der Waals surface area contributed by atoms with Crippen LogP contribution in [-0.2, 0) is 33.7 Å². The summed E-state index contributed by atoms with van der Waals surface area (Å²) in [5.41, 5.74) is 3.28. The first-order chi connectivity index (χ1) is 16.5. The van der Waals surface area contributed by atoms with Gasteiger partial charge in [-0.05, 0) is 49.9 Å². The van der Waals surface area contributed by atoms with E-state index in [1.54, 1.807) is 24.3 Å². The lowest BCUT2D eigenvalue weighted by Gasteiger charge is -2.28. The number of rotatable bonds is 8. The summed E-state index contributed by atoms with van der Waals surface area (Å²) in [6.45, 7) is 6.15. The van der Waals surface area contributed by atoms with Gasteiger partial charge in [0, 0.05) is 55.7 Å². The van der Waals surface area contributed by atoms with E-state index in [4.69, 9.17) is 4.74 Å². The second kappa shape index (κ2) is 11.6. The van der Waals surface area contributed by atoms with E-state index < -0.39 is 0 Å². The summed E-state index contributed by atoms with van der Waals surface area (Å²) in [4.78, 5) is 43.2. The van der Waals surface area contributed by atoms with Crippen LogP contribution in [0.2, 0.25) is 0 Å². The number of amides is 2. The summed E-state index contributed by atoms with van der Waals surface area (Å²) in [6.07, 6.45) is 3.88. The van der Waals surface area contributed by atoms with Crippen molar-refractivity contribution in [3.8, 4) is 0 Å². The van der Waals surface area contributed by atoms with Crippen LogP contribution >= 0.6 is 11.8 Å². The highest BCUT2D eigenvalue weighted by atomic mass is 32.2. The Morgan fingerprint density at radius 3 is 2.41 bits per heavy atom. The Hall–Kier alpha value is -2.69. The van der Waals surface area contributed by atoms with Gasteiger partial charge in [-0.3, -0.25) is 19.1 Å². The van der Waals surface area contributed by atoms with Crippen molar-refractivity contribution in [2.45, 2.75) is 44.2 Å². The summed E-state index contributed by atoms with van der Waals surface area (Å²) < 4.78 is 7.25. The topological polar surface area (TPSA) is 106 Å². The molecule has 0 bridgehead atoms. The molecule has 10 heteroatoms. The molecular weight excluding hydrogens is 454 g/mol. The number of carbonyl (C=O) groups is 2. The number of hydrogen-bond acceptors (Lipinski definition) is 7. The molecule has 9 nitrogen and oxygen atoms in total. The molecule has 2 aromatic rings. The van der Waals surface area contributed by atoms with Gasteiger partial charge in [0.25, 0.3) is 0 Å². The quantitative estimate of drug-likeness (QED) is 0.436. The van der Waals surface area contributed by atoms with Crippen LogP contribution in [-0.4, -0.2) is 64.9 Å². The number of thioether (sulfide) groups is 1. The van der Waals surface area contributed by atoms with Crippen molar-refractivity contribution in [2.75, 3.05) is 49.2 Å². The molecule has 2 aliphatic rings. The fourth-order valence-corrected chi connectivity index (χ4v) is 5.21. The fraction of sp³-hybridized carbons (Fsp3) is 0.500. The van der Waals surface area contributed by atoms with Gasteiger partial charge in [0.15, 0.2) is 0 Å². The van der Waals surface area contributed by atoms with E-state index in [-0.39, 0.29) is 23.3 Å². The van der Waals surface area contributed by atoms with Crippen molar-refractivity contribution in [1.29, 1.82) is 0 Å². The molecule has 1 aromatic carbocycles. The standard InChI is InChI=1S/C24H31N5O4S/c1-17(30)25-18-6-8-19(9-7-18)26-22(31)16-34-23-20-4-2-3-5-21(20)29(24(32)27-23)11-10-28-12-14-33-15-13-28/h6-9H,2-5,10-16H2,1H3,(H,25,30)(H,26,31). The number of nitrogens with one attached hydrogen (secondary N) is 2. The Morgan fingerprint density at radius 2 is 1.71 bits per heavy atom. The first kappa shape index (κ1) is 24.4. The number of ether oxygens (including phenoxy) is 1. The zero-order valence-electron chi connectivity index (χ0n) is 19.5. The van der Waals surface area contributed by atoms with Gasteiger partial charge in [-0.25, -0.2) is 4.79 Å². The second-order valence-corrected chi connectivity index (χ2v) is 9.50. The van der Waals surface area contributed by atoms with Crippen LogP contribution in [0.15, 0.2) is 34.1 Å². The lowest BCUT2D eigenvalue weighted by molar-refractivity contribution is -0.114. The Labute approximate surface area is 203 Å². The molecule has 2 amide bonds. The average Bonchev–Trinajstić information content (AvgIpc) is 2.83. The van der Waals surface area contributed by atoms with Crippen molar-refractivity contribution < 1.29 is 14.3 Å². The largest absolute Gasteiger partial charge is 0.379 e. The van der Waals surface area contributed by atoms with E-state index in [0.717, 1.165) is 69.8 Å². The van der Waals surface area contributed by atoms with E-state index in [1.165, 1.54) is 18.7 Å². The highest BCUT2D eigenvalue weighted by Crippen LogP contribution is 2.28. The van der Waals surface area contributed by atoms with E-state index in [2.05, 4.69) is 20.5 Å². The molecule has 1 fully saturated rings. The molecule has 0 unspecified atom stereocenters. The van der Waals surface area contributed by atoms with E-state index >= 15 is 0 Å². The summed E-state index contributed by atoms with van der Waals surface area (Å²) in [5.74, 6) is -0.142. The summed E-state index contributed by atoms with van der Waals surface area (Å²) in [6, 6.07) is 6.95. The van der Waals surface area contributed by atoms with Crippen LogP contribution in [0, 0.1) is 0 Å². The first-order valence-corrected chi connectivity index (χ1v) is 12.7. The third-order valence-corrected chi connectivity index (χ3v) is 7.04. The minimum atomic E-state index is -0.231. The average molecular weight is 486 g/mol. The minimum Gasteiger partial charge on any atom is -0.379 e. The van der Waals surface area contributed by atoms with Gasteiger partial charge in [-0.15, -0.1) is 0 Å². The van der Waals surface area contributed by atoms with Crippen LogP contribution in [0.3, 0.4) is 0 Å². The van der Waals surface area contributed by atoms with Crippen molar-refractivity contribution in [3.05, 3.63) is 46.0 Å². The van der Waals surface area contributed by atoms with Crippen LogP contribution < -0.4 is 16.3 Å². The van der Waals surface area contributed by atoms with Gasteiger partial charge in [-0.2, -0.15) is 4.98 Å². The lowest BCUT2D eigenvalue weighted by Crippen LogP contribution is -2.40.